The summed E-state index contributed by atoms with van der Waals surface area (Å²) in [5.41, 5.74) is 0.0792. The molecule has 0 saturated heterocycles. The van der Waals surface area contributed by atoms with Crippen LogP contribution in [0.5, 0.6) is 0 Å². The maximum absolute atomic E-state index is 13.2. The molecule has 1 aromatic carbocycles. The van der Waals surface area contributed by atoms with Gasteiger partial charge in [0.15, 0.2) is 16.7 Å². The van der Waals surface area contributed by atoms with Gasteiger partial charge in [-0.15, -0.1) is 10.2 Å². The maximum atomic E-state index is 13.2. The summed E-state index contributed by atoms with van der Waals surface area (Å²) in [6, 6.07) is 7.46. The third kappa shape index (κ3) is 5.45. The number of amides is 1. The van der Waals surface area contributed by atoms with Gasteiger partial charge in [-0.1, -0.05) is 11.8 Å². The van der Waals surface area contributed by atoms with Crippen molar-refractivity contribution < 1.29 is 14.3 Å². The number of aromatic amines is 1. The van der Waals surface area contributed by atoms with Crippen molar-refractivity contribution in [1.29, 1.82) is 0 Å². The van der Waals surface area contributed by atoms with Crippen molar-refractivity contribution in [3.63, 3.8) is 0 Å². The molecule has 0 radical (unpaired) electrons. The average molecular weight is 459 g/mol. The highest BCUT2D eigenvalue weighted by Crippen LogP contribution is 2.31. The molecule has 0 atom stereocenters. The second kappa shape index (κ2) is 9.68. The fraction of sp³-hybridized carbons (Fsp3) is 0.111. The fourth-order valence-corrected chi connectivity index (χ4v) is 3.90. The molecule has 4 rings (SSSR count). The maximum Gasteiger partial charge on any atom is 0.278 e. The molecule has 3 aromatic heterocycles. The second-order valence-corrected chi connectivity index (χ2v) is 8.03. The highest BCUT2D eigenvalue weighted by Gasteiger charge is 2.19. The molecule has 0 saturated carbocycles. The molecule has 0 aliphatic carbocycles. The van der Waals surface area contributed by atoms with Crippen molar-refractivity contribution >= 4 is 35.2 Å². The summed E-state index contributed by atoms with van der Waals surface area (Å²) in [5.74, 6) is -0.552. The van der Waals surface area contributed by atoms with Crippen molar-refractivity contribution in [2.24, 2.45) is 0 Å². The number of halogens is 1. The van der Waals surface area contributed by atoms with Crippen LogP contribution < -0.4 is 5.32 Å². The Balaban J connectivity index is 1.61. The van der Waals surface area contributed by atoms with E-state index in [4.69, 9.17) is 5.11 Å². The number of carbonyl (C=O) groups is 1. The van der Waals surface area contributed by atoms with E-state index in [0.717, 1.165) is 0 Å². The minimum atomic E-state index is -0.508. The van der Waals surface area contributed by atoms with Gasteiger partial charge in [-0.3, -0.25) is 9.48 Å². The van der Waals surface area contributed by atoms with Gasteiger partial charge in [0.2, 0.25) is 0 Å². The summed E-state index contributed by atoms with van der Waals surface area (Å²) in [4.78, 5) is 25.3. The van der Waals surface area contributed by atoms with Gasteiger partial charge in [-0.2, -0.15) is 5.10 Å². The predicted octanol–water partition coefficient (Wildman–Crippen LogP) is 2.48. The minimum Gasteiger partial charge on any atom is -0.394 e. The zero-order chi connectivity index (χ0) is 21.6. The van der Waals surface area contributed by atoms with Crippen molar-refractivity contribution in [3.05, 3.63) is 60.6 Å². The minimum absolute atomic E-state index is 0.0695. The third-order valence-electron chi connectivity index (χ3n) is 3.77. The molecule has 4 aromatic rings. The Labute approximate surface area is 183 Å². The van der Waals surface area contributed by atoms with Crippen LogP contribution in [0.1, 0.15) is 10.5 Å². The van der Waals surface area contributed by atoms with Gasteiger partial charge in [0.1, 0.15) is 22.2 Å². The Morgan fingerprint density at radius 2 is 2.06 bits per heavy atom. The lowest BCUT2D eigenvalue weighted by atomic mass is 10.3. The largest absolute Gasteiger partial charge is 0.394 e. The molecule has 0 bridgehead atoms. The first kappa shape index (κ1) is 21.0. The highest BCUT2D eigenvalue weighted by atomic mass is 32.2. The monoisotopic (exact) mass is 458 g/mol. The molecule has 0 fully saturated rings. The number of hydrogen-bond donors (Lipinski definition) is 3. The molecule has 0 aliphatic rings. The van der Waals surface area contributed by atoms with Crippen LogP contribution in [0.25, 0.3) is 0 Å². The molecule has 158 valence electrons. The van der Waals surface area contributed by atoms with Crippen LogP contribution in [0.4, 0.5) is 10.2 Å². The zero-order valence-corrected chi connectivity index (χ0v) is 17.4. The molecular weight excluding hydrogens is 443 g/mol. The summed E-state index contributed by atoms with van der Waals surface area (Å²) in [6.45, 7) is 0.241. The molecule has 0 aliphatic heterocycles. The van der Waals surface area contributed by atoms with Crippen molar-refractivity contribution in [1.82, 2.24) is 34.9 Å². The smallest absolute Gasteiger partial charge is 0.278 e. The molecule has 1 amide bonds. The Hall–Kier alpha value is -3.29. The van der Waals surface area contributed by atoms with Gasteiger partial charge in [-0.05, 0) is 36.0 Å². The van der Waals surface area contributed by atoms with Gasteiger partial charge in [0, 0.05) is 17.2 Å². The molecule has 10 nitrogen and oxygen atoms in total. The van der Waals surface area contributed by atoms with Crippen LogP contribution in [0.15, 0.2) is 69.2 Å². The van der Waals surface area contributed by atoms with E-state index in [2.05, 4.69) is 35.6 Å². The van der Waals surface area contributed by atoms with E-state index in [-0.39, 0.29) is 18.1 Å². The van der Waals surface area contributed by atoms with E-state index in [0.29, 0.717) is 32.5 Å². The third-order valence-corrected chi connectivity index (χ3v) is 5.57. The lowest BCUT2D eigenvalue weighted by Gasteiger charge is -2.09. The van der Waals surface area contributed by atoms with Crippen molar-refractivity contribution in [2.75, 3.05) is 11.9 Å². The lowest BCUT2D eigenvalue weighted by Crippen LogP contribution is -2.17. The second-order valence-electron chi connectivity index (χ2n) is 5.96. The normalized spacial score (nSPS) is 10.9. The van der Waals surface area contributed by atoms with Gasteiger partial charge in [0.05, 0.1) is 19.3 Å². The Morgan fingerprint density at radius 1 is 1.23 bits per heavy atom. The van der Waals surface area contributed by atoms with E-state index >= 15 is 0 Å². The first-order valence-electron chi connectivity index (χ1n) is 8.91. The number of hydrogen-bond acceptors (Lipinski definition) is 9. The molecule has 3 heterocycles. The molecular formula is C18H15FN8O2S2. The summed E-state index contributed by atoms with van der Waals surface area (Å²) >= 11 is 2.36. The standard InChI is InChI=1S/C18H15FN8O2S2/c19-11-1-3-12(4-2-11)30-17-15(16(29)23-13-5-6-27(26-13)7-8-28)24-14(9-20-17)31-18-21-10-22-25-18/h1-6,9-10,28H,7-8H2,(H,21,22,25)(H,23,26,29). The van der Waals surface area contributed by atoms with Crippen LogP contribution in [0, 0.1) is 5.82 Å². The molecule has 3 N–H and O–H groups in total. The molecule has 13 heteroatoms. The van der Waals surface area contributed by atoms with E-state index in [1.54, 1.807) is 24.4 Å². The topological polar surface area (TPSA) is 134 Å². The number of aliphatic hydroxyl groups excluding tert-OH is 1. The molecule has 31 heavy (non-hydrogen) atoms. The fourth-order valence-electron chi connectivity index (χ4n) is 2.42. The molecule has 0 spiro atoms. The van der Waals surface area contributed by atoms with Crippen LogP contribution in [-0.2, 0) is 6.54 Å². The van der Waals surface area contributed by atoms with E-state index < -0.39 is 5.91 Å². The quantitative estimate of drug-likeness (QED) is 0.364. The van der Waals surface area contributed by atoms with Gasteiger partial charge >= 0.3 is 0 Å². The number of rotatable bonds is 8. The Kier molecular flexibility index (Phi) is 6.54. The van der Waals surface area contributed by atoms with E-state index in [9.17, 15) is 9.18 Å². The van der Waals surface area contributed by atoms with Gasteiger partial charge < -0.3 is 15.4 Å². The van der Waals surface area contributed by atoms with E-state index in [1.807, 2.05) is 0 Å². The number of H-pyrrole nitrogens is 1. The Morgan fingerprint density at radius 3 is 2.81 bits per heavy atom. The SMILES string of the molecule is O=C(Nc1ccn(CCO)n1)c1nc(Sc2nnc[nH]2)cnc1Sc1ccc(F)cc1. The summed E-state index contributed by atoms with van der Waals surface area (Å²) in [7, 11) is 0. The summed E-state index contributed by atoms with van der Waals surface area (Å²) in [5, 5.41) is 24.8. The first-order chi connectivity index (χ1) is 15.1. The number of nitrogens with one attached hydrogen (secondary N) is 2. The van der Waals surface area contributed by atoms with Gasteiger partial charge in [-0.25, -0.2) is 14.4 Å². The number of aliphatic hydroxyl groups is 1. The van der Waals surface area contributed by atoms with Crippen LogP contribution in [-0.4, -0.2) is 52.6 Å². The highest BCUT2D eigenvalue weighted by molar-refractivity contribution is 7.99. The molecule has 0 unspecified atom stereocenters. The summed E-state index contributed by atoms with van der Waals surface area (Å²) < 4.78 is 14.7. The first-order valence-corrected chi connectivity index (χ1v) is 10.5. The van der Waals surface area contributed by atoms with Crippen LogP contribution in [0.2, 0.25) is 0 Å². The number of benzene rings is 1. The number of anilines is 1. The predicted molar refractivity (Wildman–Crippen MR) is 110 cm³/mol. The van der Waals surface area contributed by atoms with Crippen molar-refractivity contribution in [2.45, 2.75) is 26.6 Å². The number of nitrogens with zero attached hydrogens (tertiary/aromatic N) is 6. The number of carbonyl (C=O) groups excluding carboxylic acids is 1. The van der Waals surface area contributed by atoms with Crippen LogP contribution >= 0.6 is 23.5 Å². The zero-order valence-electron chi connectivity index (χ0n) is 15.8. The average Bonchev–Trinajstić information content (AvgIpc) is 3.43. The number of aromatic nitrogens is 7. The summed E-state index contributed by atoms with van der Waals surface area (Å²) in [6.07, 6.45) is 4.60. The Bertz CT molecular complexity index is 1170. The lowest BCUT2D eigenvalue weighted by molar-refractivity contribution is 0.101. The van der Waals surface area contributed by atoms with E-state index in [1.165, 1.54) is 52.9 Å². The van der Waals surface area contributed by atoms with Crippen LogP contribution in [0.3, 0.4) is 0 Å². The van der Waals surface area contributed by atoms with Gasteiger partial charge in [0.25, 0.3) is 5.91 Å². The van der Waals surface area contributed by atoms with Crippen molar-refractivity contribution in [3.8, 4) is 0 Å².